The normalized spacial score (nSPS) is 12.3. The van der Waals surface area contributed by atoms with Gasteiger partial charge in [0.05, 0.1) is 19.6 Å². The van der Waals surface area contributed by atoms with Crippen molar-refractivity contribution in [3.63, 3.8) is 0 Å². The monoisotopic (exact) mass is 244 g/mol. The summed E-state index contributed by atoms with van der Waals surface area (Å²) in [5, 5.41) is 0. The smallest absolute Gasteiger partial charge is 0.118 e. The first kappa shape index (κ1) is 12.7. The molecule has 0 fully saturated rings. The van der Waals surface area contributed by atoms with Crippen LogP contribution in [0.2, 0.25) is 0 Å². The minimum atomic E-state index is 0.426. The third-order valence-corrected chi connectivity index (χ3v) is 3.31. The molecular formula is C16H20O2. The summed E-state index contributed by atoms with van der Waals surface area (Å²) in [4.78, 5) is 0. The number of hydrogen-bond acceptors (Lipinski definition) is 2. The summed E-state index contributed by atoms with van der Waals surface area (Å²) in [5.41, 5.74) is 2.58. The van der Waals surface area contributed by atoms with Gasteiger partial charge in [0.15, 0.2) is 0 Å². The summed E-state index contributed by atoms with van der Waals surface area (Å²) < 4.78 is 10.4. The van der Waals surface area contributed by atoms with E-state index in [4.69, 9.17) is 9.15 Å². The van der Waals surface area contributed by atoms with Crippen molar-refractivity contribution in [1.82, 2.24) is 0 Å². The van der Waals surface area contributed by atoms with Gasteiger partial charge in [0, 0.05) is 5.92 Å². The summed E-state index contributed by atoms with van der Waals surface area (Å²) in [6, 6.07) is 10.4. The second-order valence-electron chi connectivity index (χ2n) is 4.52. The third kappa shape index (κ3) is 2.95. The number of unbranched alkanes of at least 4 members (excludes halogenated alkanes) is 1. The molecule has 0 radical (unpaired) electrons. The molecule has 0 saturated carbocycles. The molecule has 0 aliphatic heterocycles. The Bertz CT molecular complexity index is 442. The molecule has 0 saturated heterocycles. The molecule has 2 nitrogen and oxygen atoms in total. The molecule has 1 aromatic carbocycles. The number of ether oxygens (including phenoxy) is 1. The molecule has 18 heavy (non-hydrogen) atoms. The molecule has 1 aromatic heterocycles. The quantitative estimate of drug-likeness (QED) is 0.740. The van der Waals surface area contributed by atoms with Crippen molar-refractivity contribution in [3.05, 3.63) is 54.0 Å². The predicted octanol–water partition coefficient (Wildman–Crippen LogP) is 4.61. The van der Waals surface area contributed by atoms with Gasteiger partial charge in [0.2, 0.25) is 0 Å². The van der Waals surface area contributed by atoms with Gasteiger partial charge in [-0.15, -0.1) is 0 Å². The molecule has 96 valence electrons. The first-order valence-corrected chi connectivity index (χ1v) is 6.51. The van der Waals surface area contributed by atoms with Crippen LogP contribution in [0.4, 0.5) is 0 Å². The first-order valence-electron chi connectivity index (χ1n) is 6.51. The molecular weight excluding hydrogens is 224 g/mol. The van der Waals surface area contributed by atoms with Crippen molar-refractivity contribution in [2.45, 2.75) is 32.1 Å². The van der Waals surface area contributed by atoms with Crippen LogP contribution in [0.25, 0.3) is 0 Å². The highest BCUT2D eigenvalue weighted by Gasteiger charge is 2.14. The van der Waals surface area contributed by atoms with Crippen molar-refractivity contribution < 1.29 is 9.15 Å². The van der Waals surface area contributed by atoms with E-state index in [0.29, 0.717) is 5.92 Å². The number of benzene rings is 1. The number of methoxy groups -OCH3 is 1. The van der Waals surface area contributed by atoms with Gasteiger partial charge < -0.3 is 9.15 Å². The molecule has 1 atom stereocenters. The molecule has 0 N–H and O–H groups in total. The van der Waals surface area contributed by atoms with Crippen LogP contribution in [-0.2, 0) is 0 Å². The van der Waals surface area contributed by atoms with Gasteiger partial charge in [-0.3, -0.25) is 0 Å². The zero-order valence-corrected chi connectivity index (χ0v) is 11.1. The van der Waals surface area contributed by atoms with Gasteiger partial charge in [-0.25, -0.2) is 0 Å². The van der Waals surface area contributed by atoms with Gasteiger partial charge in [-0.1, -0.05) is 31.9 Å². The Kier molecular flexibility index (Phi) is 4.46. The van der Waals surface area contributed by atoms with Crippen LogP contribution in [0.5, 0.6) is 5.75 Å². The average molecular weight is 244 g/mol. The Labute approximate surface area is 109 Å². The summed E-state index contributed by atoms with van der Waals surface area (Å²) in [6.45, 7) is 2.22. The average Bonchev–Trinajstić information content (AvgIpc) is 2.94. The Morgan fingerprint density at radius 2 is 1.89 bits per heavy atom. The minimum absolute atomic E-state index is 0.426. The lowest BCUT2D eigenvalue weighted by atomic mass is 9.88. The summed E-state index contributed by atoms with van der Waals surface area (Å²) in [5.74, 6) is 1.33. The van der Waals surface area contributed by atoms with Crippen LogP contribution in [0.15, 0.2) is 47.3 Å². The second kappa shape index (κ2) is 6.29. The second-order valence-corrected chi connectivity index (χ2v) is 4.52. The fourth-order valence-corrected chi connectivity index (χ4v) is 2.24. The maximum Gasteiger partial charge on any atom is 0.118 e. The number of furan rings is 1. The van der Waals surface area contributed by atoms with Gasteiger partial charge in [-0.05, 0) is 35.7 Å². The third-order valence-electron chi connectivity index (χ3n) is 3.31. The van der Waals surface area contributed by atoms with E-state index in [2.05, 4.69) is 25.1 Å². The van der Waals surface area contributed by atoms with Crippen molar-refractivity contribution >= 4 is 0 Å². The molecule has 2 rings (SSSR count). The standard InChI is InChI=1S/C16H20O2/c1-3-4-5-16(14-10-11-18-12-14)13-6-8-15(17-2)9-7-13/h6-12,16H,3-5H2,1-2H3/t16-/m1/s1. The topological polar surface area (TPSA) is 22.4 Å². The molecule has 0 amide bonds. The van der Waals surface area contributed by atoms with Gasteiger partial charge in [0.25, 0.3) is 0 Å². The van der Waals surface area contributed by atoms with E-state index in [1.807, 2.05) is 18.4 Å². The molecule has 0 aliphatic rings. The highest BCUT2D eigenvalue weighted by molar-refractivity contribution is 5.34. The fraction of sp³-hybridized carbons (Fsp3) is 0.375. The minimum Gasteiger partial charge on any atom is -0.497 e. The number of rotatable bonds is 6. The van der Waals surface area contributed by atoms with Crippen LogP contribution in [-0.4, -0.2) is 7.11 Å². The van der Waals surface area contributed by atoms with Crippen molar-refractivity contribution in [3.8, 4) is 5.75 Å². The highest BCUT2D eigenvalue weighted by Crippen LogP contribution is 2.31. The maximum atomic E-state index is 5.22. The Balaban J connectivity index is 2.21. The summed E-state index contributed by atoms with van der Waals surface area (Å²) >= 11 is 0. The lowest BCUT2D eigenvalue weighted by Crippen LogP contribution is -2.00. The fourth-order valence-electron chi connectivity index (χ4n) is 2.24. The van der Waals surface area contributed by atoms with Crippen LogP contribution < -0.4 is 4.74 Å². The molecule has 0 aliphatic carbocycles. The number of hydrogen-bond donors (Lipinski definition) is 0. The molecule has 1 heterocycles. The highest BCUT2D eigenvalue weighted by atomic mass is 16.5. The summed E-state index contributed by atoms with van der Waals surface area (Å²) in [7, 11) is 1.69. The van der Waals surface area contributed by atoms with E-state index in [1.165, 1.54) is 24.0 Å². The van der Waals surface area contributed by atoms with E-state index in [0.717, 1.165) is 12.2 Å². The van der Waals surface area contributed by atoms with E-state index in [-0.39, 0.29) is 0 Å². The molecule has 0 spiro atoms. The Hall–Kier alpha value is -1.70. The predicted molar refractivity (Wildman–Crippen MR) is 73.1 cm³/mol. The van der Waals surface area contributed by atoms with Crippen molar-refractivity contribution in [2.75, 3.05) is 7.11 Å². The molecule has 0 bridgehead atoms. The van der Waals surface area contributed by atoms with Crippen LogP contribution in [0.1, 0.15) is 43.2 Å². The van der Waals surface area contributed by atoms with Crippen LogP contribution >= 0.6 is 0 Å². The Morgan fingerprint density at radius 3 is 2.44 bits per heavy atom. The zero-order valence-electron chi connectivity index (χ0n) is 11.1. The van der Waals surface area contributed by atoms with E-state index >= 15 is 0 Å². The lowest BCUT2D eigenvalue weighted by molar-refractivity contribution is 0.414. The van der Waals surface area contributed by atoms with Gasteiger partial charge in [-0.2, -0.15) is 0 Å². The Morgan fingerprint density at radius 1 is 1.11 bits per heavy atom. The van der Waals surface area contributed by atoms with Gasteiger partial charge >= 0.3 is 0 Å². The maximum absolute atomic E-state index is 5.22. The van der Waals surface area contributed by atoms with Gasteiger partial charge in [0.1, 0.15) is 5.75 Å². The summed E-state index contributed by atoms with van der Waals surface area (Å²) in [6.07, 6.45) is 7.19. The largest absolute Gasteiger partial charge is 0.497 e. The SMILES string of the molecule is CCCC[C@H](c1ccc(OC)cc1)c1ccoc1. The van der Waals surface area contributed by atoms with Crippen molar-refractivity contribution in [1.29, 1.82) is 0 Å². The van der Waals surface area contributed by atoms with Crippen LogP contribution in [0, 0.1) is 0 Å². The lowest BCUT2D eigenvalue weighted by Gasteiger charge is -2.16. The molecule has 0 unspecified atom stereocenters. The van der Waals surface area contributed by atoms with E-state index in [9.17, 15) is 0 Å². The zero-order chi connectivity index (χ0) is 12.8. The van der Waals surface area contributed by atoms with Crippen LogP contribution in [0.3, 0.4) is 0 Å². The molecule has 2 heteroatoms. The van der Waals surface area contributed by atoms with Crippen molar-refractivity contribution in [2.24, 2.45) is 0 Å². The first-order chi connectivity index (χ1) is 8.85. The van der Waals surface area contributed by atoms with E-state index < -0.39 is 0 Å². The van der Waals surface area contributed by atoms with E-state index in [1.54, 1.807) is 13.4 Å². The molecule has 2 aromatic rings.